The Morgan fingerprint density at radius 1 is 1.06 bits per heavy atom. The van der Waals surface area contributed by atoms with Crippen molar-refractivity contribution in [3.05, 3.63) is 52.5 Å². The van der Waals surface area contributed by atoms with Gasteiger partial charge in [-0.25, -0.2) is 0 Å². The maximum absolute atomic E-state index is 11.5. The van der Waals surface area contributed by atoms with Crippen LogP contribution in [0.3, 0.4) is 0 Å². The van der Waals surface area contributed by atoms with E-state index in [-0.39, 0.29) is 12.0 Å². The fourth-order valence-electron chi connectivity index (χ4n) is 4.37. The summed E-state index contributed by atoms with van der Waals surface area (Å²) in [5.41, 5.74) is 1.87. The molecule has 0 spiro atoms. The van der Waals surface area contributed by atoms with Crippen LogP contribution in [0.1, 0.15) is 24.0 Å². The highest BCUT2D eigenvalue weighted by Crippen LogP contribution is 2.41. The molecule has 0 radical (unpaired) electrons. The molecule has 1 fully saturated rings. The molecular weight excluding hydrogens is 454 g/mol. The molecule has 32 heavy (non-hydrogen) atoms. The Morgan fingerprint density at radius 3 is 2.31 bits per heavy atom. The van der Waals surface area contributed by atoms with Crippen LogP contribution in [-0.2, 0) is 26.3 Å². The number of likely N-dealkylation sites (tertiary alicyclic amines) is 1. The molecular formula is C23H30ClNO6S. The Morgan fingerprint density at radius 2 is 1.75 bits per heavy atom. The van der Waals surface area contributed by atoms with Crippen molar-refractivity contribution in [2.75, 3.05) is 47.3 Å². The summed E-state index contributed by atoms with van der Waals surface area (Å²) >= 11 is 6.27. The summed E-state index contributed by atoms with van der Waals surface area (Å²) in [7, 11) is 1.29. The highest BCUT2D eigenvalue weighted by Gasteiger charge is 2.39. The zero-order valence-corrected chi connectivity index (χ0v) is 20.5. The molecule has 0 amide bonds. The predicted octanol–water partition coefficient (Wildman–Crippen LogP) is 3.88. The summed E-state index contributed by atoms with van der Waals surface area (Å²) in [4.78, 5) is 2.34. The van der Waals surface area contributed by atoms with Gasteiger partial charge in [0, 0.05) is 23.5 Å². The van der Waals surface area contributed by atoms with Crippen molar-refractivity contribution in [3.63, 3.8) is 0 Å². The molecule has 1 unspecified atom stereocenters. The van der Waals surface area contributed by atoms with E-state index >= 15 is 0 Å². The zero-order chi connectivity index (χ0) is 23.4. The Hall–Kier alpha value is -2.00. The molecule has 3 rings (SSSR count). The Kier molecular flexibility index (Phi) is 7.92. The summed E-state index contributed by atoms with van der Waals surface area (Å²) in [5.74, 6) is 1.79. The smallest absolute Gasteiger partial charge is 0.264 e. The minimum absolute atomic E-state index is 0.128. The van der Waals surface area contributed by atoms with Crippen molar-refractivity contribution in [1.82, 2.24) is 4.90 Å². The number of ether oxygens (including phenoxy) is 3. The normalized spacial score (nSPS) is 19.2. The van der Waals surface area contributed by atoms with E-state index < -0.39 is 10.1 Å². The molecule has 0 aliphatic carbocycles. The molecule has 0 bridgehead atoms. The largest absolute Gasteiger partial charge is 0.493 e. The van der Waals surface area contributed by atoms with Crippen molar-refractivity contribution >= 4 is 21.7 Å². The molecule has 9 heteroatoms. The second-order valence-corrected chi connectivity index (χ2v) is 10.1. The van der Waals surface area contributed by atoms with Gasteiger partial charge in [-0.3, -0.25) is 9.08 Å². The molecule has 7 nitrogen and oxygen atoms in total. The van der Waals surface area contributed by atoms with Crippen molar-refractivity contribution in [1.29, 1.82) is 0 Å². The van der Waals surface area contributed by atoms with E-state index in [1.54, 1.807) is 21.3 Å². The summed E-state index contributed by atoms with van der Waals surface area (Å²) in [6, 6.07) is 11.7. The molecule has 1 atom stereocenters. The Labute approximate surface area is 195 Å². The van der Waals surface area contributed by atoms with Crippen LogP contribution in [-0.4, -0.2) is 60.6 Å². The molecule has 1 aliphatic rings. The topological polar surface area (TPSA) is 74.3 Å². The number of rotatable bonds is 10. The van der Waals surface area contributed by atoms with E-state index in [2.05, 4.69) is 11.0 Å². The number of hydrogen-bond donors (Lipinski definition) is 0. The van der Waals surface area contributed by atoms with Gasteiger partial charge in [-0.1, -0.05) is 23.7 Å². The fourth-order valence-corrected chi connectivity index (χ4v) is 4.95. The molecule has 0 aromatic heterocycles. The Bertz CT molecular complexity index is 1020. The average Bonchev–Trinajstić information content (AvgIpc) is 3.15. The molecule has 1 heterocycles. The first-order valence-corrected chi connectivity index (χ1v) is 12.5. The monoisotopic (exact) mass is 483 g/mol. The summed E-state index contributed by atoms with van der Waals surface area (Å²) < 4.78 is 44.4. The van der Waals surface area contributed by atoms with Crippen LogP contribution in [0.4, 0.5) is 0 Å². The lowest BCUT2D eigenvalue weighted by Gasteiger charge is -2.30. The summed E-state index contributed by atoms with van der Waals surface area (Å²) in [6.07, 6.45) is 2.52. The summed E-state index contributed by atoms with van der Waals surface area (Å²) in [5, 5.41) is 0.661. The number of methoxy groups -OCH3 is 3. The minimum atomic E-state index is -3.50. The third-order valence-corrected chi connectivity index (χ3v) is 6.71. The van der Waals surface area contributed by atoms with Gasteiger partial charge in [-0.2, -0.15) is 8.42 Å². The van der Waals surface area contributed by atoms with Gasteiger partial charge in [0.25, 0.3) is 10.1 Å². The standard InChI is InChI=1S/C23H30ClNO6S/c1-28-20-12-17(13-21(29-2)22(20)30-3)15-25-10-8-23(16-25,9-11-31-32(4,26)27)18-6-5-7-19(24)14-18/h5-7,12-14H,8-11,15-16H2,1-4H3. The lowest BCUT2D eigenvalue weighted by molar-refractivity contribution is 0.246. The third-order valence-electron chi connectivity index (χ3n) is 5.88. The maximum atomic E-state index is 11.5. The van der Waals surface area contributed by atoms with Crippen LogP contribution in [0.5, 0.6) is 17.2 Å². The molecule has 1 aliphatic heterocycles. The Balaban J connectivity index is 1.83. The molecule has 1 saturated heterocycles. The first-order chi connectivity index (χ1) is 15.2. The number of halogens is 1. The van der Waals surface area contributed by atoms with Crippen molar-refractivity contribution in [2.45, 2.75) is 24.8 Å². The van der Waals surface area contributed by atoms with Crippen LogP contribution in [0.15, 0.2) is 36.4 Å². The molecule has 0 saturated carbocycles. The lowest BCUT2D eigenvalue weighted by atomic mass is 9.77. The quantitative estimate of drug-likeness (QED) is 0.475. The van der Waals surface area contributed by atoms with Gasteiger partial charge in [-0.15, -0.1) is 0 Å². The predicted molar refractivity (Wildman–Crippen MR) is 125 cm³/mol. The number of nitrogens with zero attached hydrogens (tertiary/aromatic N) is 1. The average molecular weight is 484 g/mol. The maximum Gasteiger partial charge on any atom is 0.264 e. The van der Waals surface area contributed by atoms with E-state index in [9.17, 15) is 8.42 Å². The van der Waals surface area contributed by atoms with Crippen LogP contribution in [0.2, 0.25) is 5.02 Å². The lowest BCUT2D eigenvalue weighted by Crippen LogP contribution is -2.32. The van der Waals surface area contributed by atoms with Gasteiger partial charge in [0.1, 0.15) is 0 Å². The molecule has 2 aromatic carbocycles. The van der Waals surface area contributed by atoms with Crippen molar-refractivity contribution in [3.8, 4) is 17.2 Å². The van der Waals surface area contributed by atoms with Gasteiger partial charge in [0.15, 0.2) is 11.5 Å². The zero-order valence-electron chi connectivity index (χ0n) is 18.9. The second-order valence-electron chi connectivity index (χ2n) is 8.06. The molecule has 2 aromatic rings. The van der Waals surface area contributed by atoms with Crippen LogP contribution >= 0.6 is 11.6 Å². The van der Waals surface area contributed by atoms with E-state index in [0.717, 1.165) is 36.9 Å². The third kappa shape index (κ3) is 5.86. The number of hydrogen-bond acceptors (Lipinski definition) is 7. The van der Waals surface area contributed by atoms with Crippen LogP contribution in [0.25, 0.3) is 0 Å². The highest BCUT2D eigenvalue weighted by molar-refractivity contribution is 7.85. The minimum Gasteiger partial charge on any atom is -0.493 e. The fraction of sp³-hybridized carbons (Fsp3) is 0.478. The van der Waals surface area contributed by atoms with Crippen molar-refractivity contribution in [2.24, 2.45) is 0 Å². The van der Waals surface area contributed by atoms with E-state index in [4.69, 9.17) is 30.0 Å². The van der Waals surface area contributed by atoms with E-state index in [1.165, 1.54) is 0 Å². The van der Waals surface area contributed by atoms with E-state index in [0.29, 0.717) is 35.2 Å². The van der Waals surface area contributed by atoms with Crippen molar-refractivity contribution < 1.29 is 26.8 Å². The van der Waals surface area contributed by atoms with Gasteiger partial charge in [0.05, 0.1) is 34.2 Å². The van der Waals surface area contributed by atoms with Gasteiger partial charge in [0.2, 0.25) is 5.75 Å². The summed E-state index contributed by atoms with van der Waals surface area (Å²) in [6.45, 7) is 2.41. The second kappa shape index (κ2) is 10.3. The van der Waals surface area contributed by atoms with E-state index in [1.807, 2.05) is 30.3 Å². The van der Waals surface area contributed by atoms with Crippen LogP contribution < -0.4 is 14.2 Å². The van der Waals surface area contributed by atoms with Gasteiger partial charge < -0.3 is 14.2 Å². The SMILES string of the molecule is COc1cc(CN2CCC(CCOS(C)(=O)=O)(c3cccc(Cl)c3)C2)cc(OC)c1OC. The van der Waals surface area contributed by atoms with Gasteiger partial charge in [-0.05, 0) is 54.8 Å². The van der Waals surface area contributed by atoms with Crippen LogP contribution in [0, 0.1) is 0 Å². The van der Waals surface area contributed by atoms with Gasteiger partial charge >= 0.3 is 0 Å². The molecule has 176 valence electrons. The highest BCUT2D eigenvalue weighted by atomic mass is 35.5. The number of benzene rings is 2. The first kappa shape index (κ1) is 24.6. The molecule has 0 N–H and O–H groups in total. The first-order valence-electron chi connectivity index (χ1n) is 10.3.